The standard InChI is InChI=1S/C17H24N2O3/c1-22-14-4-5-16(20)15(10-14)17(21)19-8-6-13(7-9-19)18-11-12-2-3-12/h4-5,10,12-13,18,20H,2-3,6-9,11H2,1H3. The lowest BCUT2D eigenvalue weighted by atomic mass is 10.0. The van der Waals surface area contributed by atoms with Gasteiger partial charge in [-0.3, -0.25) is 4.79 Å². The first-order valence-electron chi connectivity index (χ1n) is 8.07. The van der Waals surface area contributed by atoms with Crippen molar-refractivity contribution >= 4 is 5.91 Å². The summed E-state index contributed by atoms with van der Waals surface area (Å²) in [6.07, 6.45) is 4.67. The van der Waals surface area contributed by atoms with Crippen LogP contribution in [0.2, 0.25) is 0 Å². The highest BCUT2D eigenvalue weighted by molar-refractivity contribution is 5.97. The van der Waals surface area contributed by atoms with Crippen molar-refractivity contribution in [3.05, 3.63) is 23.8 Å². The first-order chi connectivity index (χ1) is 10.7. The lowest BCUT2D eigenvalue weighted by Crippen LogP contribution is -2.45. The van der Waals surface area contributed by atoms with Gasteiger partial charge in [0.25, 0.3) is 5.91 Å². The van der Waals surface area contributed by atoms with Gasteiger partial charge in [-0.25, -0.2) is 0 Å². The molecule has 120 valence electrons. The zero-order valence-electron chi connectivity index (χ0n) is 13.0. The molecule has 5 heteroatoms. The molecule has 1 aliphatic carbocycles. The van der Waals surface area contributed by atoms with E-state index in [-0.39, 0.29) is 11.7 Å². The van der Waals surface area contributed by atoms with Crippen LogP contribution in [0.1, 0.15) is 36.0 Å². The molecule has 0 unspecified atom stereocenters. The fourth-order valence-corrected chi connectivity index (χ4v) is 2.93. The van der Waals surface area contributed by atoms with Crippen molar-refractivity contribution in [2.24, 2.45) is 5.92 Å². The molecule has 2 fully saturated rings. The number of amides is 1. The number of ether oxygens (including phenoxy) is 1. The molecule has 1 aromatic rings. The van der Waals surface area contributed by atoms with Crippen LogP contribution in [-0.4, -0.2) is 48.7 Å². The summed E-state index contributed by atoms with van der Waals surface area (Å²) in [6, 6.07) is 5.29. The number of nitrogens with zero attached hydrogens (tertiary/aromatic N) is 1. The molecule has 1 amide bonds. The van der Waals surface area contributed by atoms with Crippen LogP contribution in [0.4, 0.5) is 0 Å². The van der Waals surface area contributed by atoms with Crippen molar-refractivity contribution in [2.75, 3.05) is 26.7 Å². The molecule has 2 N–H and O–H groups in total. The average molecular weight is 304 g/mol. The van der Waals surface area contributed by atoms with Crippen LogP contribution >= 0.6 is 0 Å². The van der Waals surface area contributed by atoms with E-state index < -0.39 is 0 Å². The molecule has 2 aliphatic rings. The minimum atomic E-state index is -0.114. The fourth-order valence-electron chi connectivity index (χ4n) is 2.93. The highest BCUT2D eigenvalue weighted by Gasteiger charge is 2.27. The Morgan fingerprint density at radius 3 is 2.68 bits per heavy atom. The molecule has 1 saturated heterocycles. The molecule has 3 rings (SSSR count). The maximum absolute atomic E-state index is 12.6. The maximum Gasteiger partial charge on any atom is 0.257 e. The van der Waals surface area contributed by atoms with Crippen LogP contribution in [0, 0.1) is 5.92 Å². The number of carbonyl (C=O) groups is 1. The van der Waals surface area contributed by atoms with E-state index in [0.29, 0.717) is 17.4 Å². The van der Waals surface area contributed by atoms with Crippen LogP contribution in [0.15, 0.2) is 18.2 Å². The molecule has 0 spiro atoms. The van der Waals surface area contributed by atoms with Gasteiger partial charge in [-0.05, 0) is 56.3 Å². The van der Waals surface area contributed by atoms with Gasteiger partial charge in [-0.2, -0.15) is 0 Å². The summed E-state index contributed by atoms with van der Waals surface area (Å²) in [7, 11) is 1.55. The van der Waals surface area contributed by atoms with E-state index >= 15 is 0 Å². The van der Waals surface area contributed by atoms with Gasteiger partial charge < -0.3 is 20.1 Å². The first-order valence-corrected chi connectivity index (χ1v) is 8.07. The lowest BCUT2D eigenvalue weighted by Gasteiger charge is -2.32. The van der Waals surface area contributed by atoms with E-state index in [9.17, 15) is 9.90 Å². The number of carbonyl (C=O) groups excluding carboxylic acids is 1. The Kier molecular flexibility index (Phi) is 4.52. The van der Waals surface area contributed by atoms with Gasteiger partial charge >= 0.3 is 0 Å². The van der Waals surface area contributed by atoms with E-state index in [4.69, 9.17) is 4.74 Å². The second-order valence-corrected chi connectivity index (χ2v) is 6.30. The zero-order valence-corrected chi connectivity index (χ0v) is 13.0. The number of aromatic hydroxyl groups is 1. The van der Waals surface area contributed by atoms with Crippen molar-refractivity contribution < 1.29 is 14.6 Å². The number of phenols is 1. The van der Waals surface area contributed by atoms with Crippen molar-refractivity contribution in [2.45, 2.75) is 31.7 Å². The normalized spacial score (nSPS) is 19.2. The van der Waals surface area contributed by atoms with Crippen LogP contribution in [0.5, 0.6) is 11.5 Å². The van der Waals surface area contributed by atoms with Crippen molar-refractivity contribution in [3.8, 4) is 11.5 Å². The number of benzene rings is 1. The number of likely N-dealkylation sites (tertiary alicyclic amines) is 1. The maximum atomic E-state index is 12.6. The summed E-state index contributed by atoms with van der Waals surface area (Å²) < 4.78 is 5.13. The summed E-state index contributed by atoms with van der Waals surface area (Å²) in [5.41, 5.74) is 0.323. The molecule has 1 heterocycles. The summed E-state index contributed by atoms with van der Waals surface area (Å²) in [5.74, 6) is 1.37. The lowest BCUT2D eigenvalue weighted by molar-refractivity contribution is 0.0701. The van der Waals surface area contributed by atoms with Crippen molar-refractivity contribution in [1.29, 1.82) is 0 Å². The molecule has 22 heavy (non-hydrogen) atoms. The van der Waals surface area contributed by atoms with E-state index in [1.54, 1.807) is 19.2 Å². The summed E-state index contributed by atoms with van der Waals surface area (Å²) in [4.78, 5) is 14.4. The van der Waals surface area contributed by atoms with Crippen molar-refractivity contribution in [1.82, 2.24) is 10.2 Å². The minimum absolute atomic E-state index is 0.0137. The summed E-state index contributed by atoms with van der Waals surface area (Å²) in [6.45, 7) is 2.59. The van der Waals surface area contributed by atoms with E-state index in [0.717, 1.165) is 38.4 Å². The highest BCUT2D eigenvalue weighted by Crippen LogP contribution is 2.28. The highest BCUT2D eigenvalue weighted by atomic mass is 16.5. The van der Waals surface area contributed by atoms with Crippen LogP contribution < -0.4 is 10.1 Å². The third-order valence-electron chi connectivity index (χ3n) is 4.61. The molecule has 5 nitrogen and oxygen atoms in total. The number of hydrogen-bond donors (Lipinski definition) is 2. The average Bonchev–Trinajstić information content (AvgIpc) is 3.38. The van der Waals surface area contributed by atoms with Gasteiger partial charge in [0.05, 0.1) is 12.7 Å². The Bertz CT molecular complexity index is 535. The Balaban J connectivity index is 1.56. The van der Waals surface area contributed by atoms with Crippen LogP contribution in [0.25, 0.3) is 0 Å². The number of nitrogens with one attached hydrogen (secondary N) is 1. The van der Waals surface area contributed by atoms with Gasteiger partial charge in [-0.1, -0.05) is 0 Å². The number of hydrogen-bond acceptors (Lipinski definition) is 4. The molecule has 1 aliphatic heterocycles. The predicted octanol–water partition coefficient (Wildman–Crippen LogP) is 2.00. The third-order valence-corrected chi connectivity index (χ3v) is 4.61. The van der Waals surface area contributed by atoms with Crippen LogP contribution in [-0.2, 0) is 0 Å². The molecule has 0 bridgehead atoms. The SMILES string of the molecule is COc1ccc(O)c(C(=O)N2CCC(NCC3CC3)CC2)c1. The Labute approximate surface area is 131 Å². The largest absolute Gasteiger partial charge is 0.507 e. The molecular formula is C17H24N2O3. The third kappa shape index (κ3) is 3.53. The molecule has 1 aromatic carbocycles. The van der Waals surface area contributed by atoms with E-state index in [2.05, 4.69) is 5.32 Å². The fraction of sp³-hybridized carbons (Fsp3) is 0.588. The quantitative estimate of drug-likeness (QED) is 0.873. The molecule has 0 atom stereocenters. The van der Waals surface area contributed by atoms with Gasteiger partial charge in [0.2, 0.25) is 0 Å². The molecular weight excluding hydrogens is 280 g/mol. The number of piperidine rings is 1. The molecule has 0 aromatic heterocycles. The predicted molar refractivity (Wildman–Crippen MR) is 84.3 cm³/mol. The zero-order chi connectivity index (χ0) is 15.5. The van der Waals surface area contributed by atoms with Crippen LogP contribution in [0.3, 0.4) is 0 Å². The minimum Gasteiger partial charge on any atom is -0.507 e. The Hall–Kier alpha value is -1.75. The monoisotopic (exact) mass is 304 g/mol. The van der Waals surface area contributed by atoms with E-state index in [1.807, 2.05) is 4.90 Å². The Morgan fingerprint density at radius 2 is 2.05 bits per heavy atom. The number of methoxy groups -OCH3 is 1. The molecule has 1 saturated carbocycles. The van der Waals surface area contributed by atoms with E-state index in [1.165, 1.54) is 18.9 Å². The number of rotatable bonds is 5. The summed E-state index contributed by atoms with van der Waals surface area (Å²) in [5, 5.41) is 13.5. The van der Waals surface area contributed by atoms with Gasteiger partial charge in [0.1, 0.15) is 11.5 Å². The first kappa shape index (κ1) is 15.2. The second kappa shape index (κ2) is 6.57. The molecule has 0 radical (unpaired) electrons. The van der Waals surface area contributed by atoms with Gasteiger partial charge in [0.15, 0.2) is 0 Å². The number of phenolic OH excluding ortho intramolecular Hbond substituents is 1. The van der Waals surface area contributed by atoms with Crippen molar-refractivity contribution in [3.63, 3.8) is 0 Å². The summed E-state index contributed by atoms with van der Waals surface area (Å²) >= 11 is 0. The smallest absolute Gasteiger partial charge is 0.257 e. The second-order valence-electron chi connectivity index (χ2n) is 6.30. The topological polar surface area (TPSA) is 61.8 Å². The van der Waals surface area contributed by atoms with Gasteiger partial charge in [-0.15, -0.1) is 0 Å². The Morgan fingerprint density at radius 1 is 1.32 bits per heavy atom. The van der Waals surface area contributed by atoms with Gasteiger partial charge in [0, 0.05) is 19.1 Å².